The third-order valence-corrected chi connectivity index (χ3v) is 2.88. The van der Waals surface area contributed by atoms with Crippen LogP contribution in [-0.2, 0) is 34.0 Å². The molecule has 20 heavy (non-hydrogen) atoms. The average Bonchev–Trinajstić information content (AvgIpc) is 2.48. The molecule has 102 valence electrons. The number of ether oxygens (including phenoxy) is 1. The zero-order valence-electron chi connectivity index (χ0n) is 11.1. The highest BCUT2D eigenvalue weighted by molar-refractivity contribution is 6.25. The van der Waals surface area contributed by atoms with Crippen LogP contribution in [0, 0.1) is 0 Å². The quantitative estimate of drug-likeness (QED) is 0.573. The Bertz CT molecular complexity index is 576. The highest BCUT2D eigenvalue weighted by Crippen LogP contribution is 2.09. The number of carbonyl (C=O) groups is 2. The van der Waals surface area contributed by atoms with Crippen LogP contribution in [0.15, 0.2) is 54.6 Å². The van der Waals surface area contributed by atoms with Crippen molar-refractivity contribution in [1.29, 1.82) is 0 Å². The van der Waals surface area contributed by atoms with E-state index in [-0.39, 0.29) is 6.42 Å². The molecule has 0 fully saturated rings. The zero-order chi connectivity index (χ0) is 14.2. The summed E-state index contributed by atoms with van der Waals surface area (Å²) in [6.45, 7) is 1.04. The van der Waals surface area contributed by atoms with Gasteiger partial charge in [0, 0.05) is 6.42 Å². The summed E-state index contributed by atoms with van der Waals surface area (Å²) in [6.07, 6.45) is 0.509. The van der Waals surface area contributed by atoms with E-state index in [2.05, 4.69) is 0 Å². The second kappa shape index (κ2) is 7.36. The number of aldehydes is 1. The predicted octanol–water partition coefficient (Wildman–Crippen LogP) is 2.71. The van der Waals surface area contributed by atoms with Gasteiger partial charge in [-0.3, -0.25) is 9.59 Å². The minimum absolute atomic E-state index is 0.149. The molecule has 2 aromatic rings. The van der Waals surface area contributed by atoms with Gasteiger partial charge in [0.1, 0.15) is 0 Å². The highest BCUT2D eigenvalue weighted by Gasteiger charge is 2.03. The van der Waals surface area contributed by atoms with E-state index in [0.717, 1.165) is 16.7 Å². The molecule has 0 radical (unpaired) electrons. The molecule has 0 N–H and O–H groups in total. The van der Waals surface area contributed by atoms with E-state index in [1.807, 2.05) is 54.6 Å². The van der Waals surface area contributed by atoms with Crippen LogP contribution in [0.4, 0.5) is 0 Å². The van der Waals surface area contributed by atoms with Crippen LogP contribution in [0.1, 0.15) is 16.7 Å². The minimum atomic E-state index is -0.410. The standard InChI is InChI=1S/C17H16O3/c18-11-17(19)10-15-7-4-8-16(9-15)13-20-12-14-5-2-1-3-6-14/h1-9,11H,10,12-13H2. The number of ketones is 1. The molecular formula is C17H16O3. The largest absolute Gasteiger partial charge is 0.372 e. The molecule has 0 unspecified atom stereocenters. The molecule has 3 nitrogen and oxygen atoms in total. The smallest absolute Gasteiger partial charge is 0.199 e. The molecular weight excluding hydrogens is 252 g/mol. The summed E-state index contributed by atoms with van der Waals surface area (Å²) >= 11 is 0. The summed E-state index contributed by atoms with van der Waals surface area (Å²) in [4.78, 5) is 21.4. The lowest BCUT2D eigenvalue weighted by atomic mass is 10.1. The van der Waals surface area contributed by atoms with Gasteiger partial charge in [-0.05, 0) is 16.7 Å². The average molecular weight is 268 g/mol. The maximum atomic E-state index is 11.1. The van der Waals surface area contributed by atoms with Gasteiger partial charge in [0.05, 0.1) is 13.2 Å². The molecule has 2 rings (SSSR count). The number of carbonyl (C=O) groups excluding carboxylic acids is 2. The van der Waals surface area contributed by atoms with Crippen molar-refractivity contribution in [2.45, 2.75) is 19.6 Å². The van der Waals surface area contributed by atoms with E-state index >= 15 is 0 Å². The number of benzene rings is 2. The van der Waals surface area contributed by atoms with E-state index in [1.165, 1.54) is 0 Å². The van der Waals surface area contributed by atoms with Crippen molar-refractivity contribution in [1.82, 2.24) is 0 Å². The summed E-state index contributed by atoms with van der Waals surface area (Å²) in [5.74, 6) is -0.410. The van der Waals surface area contributed by atoms with Crippen LogP contribution >= 0.6 is 0 Å². The van der Waals surface area contributed by atoms with Gasteiger partial charge in [-0.25, -0.2) is 0 Å². The Labute approximate surface area is 118 Å². The van der Waals surface area contributed by atoms with Gasteiger partial charge in [-0.2, -0.15) is 0 Å². The van der Waals surface area contributed by atoms with Gasteiger partial charge in [0.15, 0.2) is 12.1 Å². The fraction of sp³-hybridized carbons (Fsp3) is 0.176. The molecule has 0 atom stereocenters. The number of Topliss-reactive ketones (excluding diaryl/α,β-unsaturated/α-hetero) is 1. The molecule has 3 heteroatoms. The molecule has 0 saturated carbocycles. The van der Waals surface area contributed by atoms with E-state index in [4.69, 9.17) is 4.74 Å². The molecule has 0 aliphatic heterocycles. The monoisotopic (exact) mass is 268 g/mol. The summed E-state index contributed by atoms with van der Waals surface area (Å²) in [7, 11) is 0. The normalized spacial score (nSPS) is 10.2. The second-order valence-corrected chi connectivity index (χ2v) is 4.56. The molecule has 0 saturated heterocycles. The van der Waals surface area contributed by atoms with Crippen molar-refractivity contribution in [2.24, 2.45) is 0 Å². The lowest BCUT2D eigenvalue weighted by Gasteiger charge is -2.06. The van der Waals surface area contributed by atoms with Crippen molar-refractivity contribution >= 4 is 12.1 Å². The van der Waals surface area contributed by atoms with Crippen LogP contribution < -0.4 is 0 Å². The molecule has 0 heterocycles. The molecule has 0 bridgehead atoms. The fourth-order valence-electron chi connectivity index (χ4n) is 1.93. The zero-order valence-corrected chi connectivity index (χ0v) is 11.1. The van der Waals surface area contributed by atoms with Gasteiger partial charge in [-0.1, -0.05) is 54.6 Å². The molecule has 0 spiro atoms. The topological polar surface area (TPSA) is 43.4 Å². The van der Waals surface area contributed by atoms with Crippen molar-refractivity contribution < 1.29 is 14.3 Å². The Morgan fingerprint density at radius 3 is 2.30 bits per heavy atom. The molecule has 0 aromatic heterocycles. The summed E-state index contributed by atoms with van der Waals surface area (Å²) in [5.41, 5.74) is 2.96. The highest BCUT2D eigenvalue weighted by atomic mass is 16.5. The van der Waals surface area contributed by atoms with Gasteiger partial charge >= 0.3 is 0 Å². The summed E-state index contributed by atoms with van der Waals surface area (Å²) in [6, 6.07) is 17.5. The third-order valence-electron chi connectivity index (χ3n) is 2.88. The first kappa shape index (κ1) is 14.2. The van der Waals surface area contributed by atoms with E-state index in [0.29, 0.717) is 19.5 Å². The molecule has 0 aliphatic rings. The Kier molecular flexibility index (Phi) is 5.21. The Morgan fingerprint density at radius 2 is 1.55 bits per heavy atom. The van der Waals surface area contributed by atoms with Crippen molar-refractivity contribution in [3.8, 4) is 0 Å². The van der Waals surface area contributed by atoms with Gasteiger partial charge in [0.25, 0.3) is 0 Å². The lowest BCUT2D eigenvalue weighted by molar-refractivity contribution is -0.129. The molecule has 2 aromatic carbocycles. The Morgan fingerprint density at radius 1 is 0.900 bits per heavy atom. The van der Waals surface area contributed by atoms with Gasteiger partial charge in [0.2, 0.25) is 0 Å². The van der Waals surface area contributed by atoms with Gasteiger partial charge < -0.3 is 4.74 Å². The number of hydrogen-bond acceptors (Lipinski definition) is 3. The number of hydrogen-bond donors (Lipinski definition) is 0. The minimum Gasteiger partial charge on any atom is -0.372 e. The van der Waals surface area contributed by atoms with E-state index in [9.17, 15) is 9.59 Å². The SMILES string of the molecule is O=CC(=O)Cc1cccc(COCc2ccccc2)c1. The molecule has 0 amide bonds. The Hall–Kier alpha value is -2.26. The van der Waals surface area contributed by atoms with E-state index < -0.39 is 5.78 Å². The number of rotatable bonds is 7. The first-order valence-corrected chi connectivity index (χ1v) is 6.45. The van der Waals surface area contributed by atoms with Crippen molar-refractivity contribution in [3.63, 3.8) is 0 Å². The Balaban J connectivity index is 1.88. The van der Waals surface area contributed by atoms with Crippen LogP contribution in [0.2, 0.25) is 0 Å². The maximum absolute atomic E-state index is 11.1. The molecule has 0 aliphatic carbocycles. The second-order valence-electron chi connectivity index (χ2n) is 4.56. The lowest BCUT2D eigenvalue weighted by Crippen LogP contribution is -2.04. The maximum Gasteiger partial charge on any atom is 0.199 e. The summed E-state index contributed by atoms with van der Waals surface area (Å²) < 4.78 is 5.64. The van der Waals surface area contributed by atoms with E-state index in [1.54, 1.807) is 0 Å². The van der Waals surface area contributed by atoms with Crippen LogP contribution in [0.5, 0.6) is 0 Å². The third kappa shape index (κ3) is 4.44. The van der Waals surface area contributed by atoms with Crippen LogP contribution in [0.3, 0.4) is 0 Å². The fourth-order valence-corrected chi connectivity index (χ4v) is 1.93. The van der Waals surface area contributed by atoms with Gasteiger partial charge in [-0.15, -0.1) is 0 Å². The first-order chi connectivity index (χ1) is 9.78. The van der Waals surface area contributed by atoms with Crippen molar-refractivity contribution in [3.05, 3.63) is 71.3 Å². The van der Waals surface area contributed by atoms with Crippen molar-refractivity contribution in [2.75, 3.05) is 0 Å². The van der Waals surface area contributed by atoms with Crippen LogP contribution in [-0.4, -0.2) is 12.1 Å². The predicted molar refractivity (Wildman–Crippen MR) is 76.2 cm³/mol. The van der Waals surface area contributed by atoms with Crippen LogP contribution in [0.25, 0.3) is 0 Å². The summed E-state index contributed by atoms with van der Waals surface area (Å²) in [5, 5.41) is 0. The first-order valence-electron chi connectivity index (χ1n) is 6.45.